The molecule has 0 unspecified atom stereocenters. The van der Waals surface area contributed by atoms with Crippen LogP contribution in [0.4, 0.5) is 0 Å². The number of carboxylic acid groups (broad SMARTS) is 2. The molecule has 0 bridgehead atoms. The molecule has 115 heavy (non-hydrogen) atoms. The van der Waals surface area contributed by atoms with Gasteiger partial charge in [-0.25, -0.2) is 0 Å². The summed E-state index contributed by atoms with van der Waals surface area (Å²) in [4.78, 5) is 129. The van der Waals surface area contributed by atoms with Crippen LogP contribution < -0.4 is 0 Å². The lowest BCUT2D eigenvalue weighted by molar-refractivity contribution is -0.138. The Bertz CT molecular complexity index is 4010. The van der Waals surface area contributed by atoms with E-state index in [9.17, 15) is 52.7 Å². The maximum Gasteiger partial charge on any atom is 0.315 e. The van der Waals surface area contributed by atoms with E-state index in [1.807, 2.05) is 126 Å². The van der Waals surface area contributed by atoms with E-state index in [0.29, 0.717) is 69.2 Å². The topological polar surface area (TPSA) is 265 Å². The summed E-state index contributed by atoms with van der Waals surface area (Å²) in [6, 6.07) is 26.0. The van der Waals surface area contributed by atoms with Crippen LogP contribution in [0.25, 0.3) is 0 Å². The molecule has 0 saturated carbocycles. The second-order valence-electron chi connectivity index (χ2n) is 22.4. The Balaban J connectivity index is 0.000000229. The van der Waals surface area contributed by atoms with Gasteiger partial charge in [0.2, 0.25) is 0 Å². The number of methoxy groups -OCH3 is 4. The second kappa shape index (κ2) is 60.5. The van der Waals surface area contributed by atoms with E-state index < -0.39 is 11.9 Å². The molecule has 38 heteroatoms. The highest BCUT2D eigenvalue weighted by atomic mass is 32.2. The smallest absolute Gasteiger partial charge is 0.315 e. The lowest BCUT2D eigenvalue weighted by Gasteiger charge is -2.13. The molecule has 17 nitrogen and oxygen atoms in total. The van der Waals surface area contributed by atoms with E-state index in [-0.39, 0.29) is 58.9 Å². The van der Waals surface area contributed by atoms with Crippen LogP contribution in [-0.2, 0) is 99.5 Å². The minimum atomic E-state index is -0.745. The number of fused-ring (bicyclic) bond motifs is 5. The van der Waals surface area contributed by atoms with E-state index in [4.69, 9.17) is 10.2 Å². The summed E-state index contributed by atoms with van der Waals surface area (Å²) in [5.74, 6) is 12.8. The Morgan fingerprint density at radius 1 is 0.357 bits per heavy atom. The zero-order valence-corrected chi connectivity index (χ0v) is 78.9. The maximum atomic E-state index is 11.1. The van der Waals surface area contributed by atoms with E-state index in [0.717, 1.165) is 83.1 Å². The Morgan fingerprint density at radius 2 is 0.696 bits per heavy atom. The van der Waals surface area contributed by atoms with E-state index in [1.54, 1.807) is 196 Å². The molecule has 0 radical (unpaired) electrons. The van der Waals surface area contributed by atoms with Crippen molar-refractivity contribution in [2.45, 2.75) is 63.8 Å². The molecule has 0 saturated heterocycles. The lowest BCUT2D eigenvalue weighted by Crippen LogP contribution is -2.08. The molecule has 5 aliphatic rings. The zero-order valence-electron chi connectivity index (χ0n) is 61.7. The van der Waals surface area contributed by atoms with Gasteiger partial charge < -0.3 is 29.2 Å². The predicted octanol–water partition coefficient (Wildman–Crippen LogP) is 22.5. The van der Waals surface area contributed by atoms with Crippen molar-refractivity contribution in [2.24, 2.45) is 0 Å². The molecule has 0 aromatic carbocycles. The average molecular weight is 1950 g/mol. The minimum Gasteiger partial charge on any atom is -0.481 e. The Labute approximate surface area is 757 Å². The Morgan fingerprint density at radius 3 is 1.03 bits per heavy atom. The second-order valence-corrected chi connectivity index (χ2v) is 43.2. The summed E-state index contributed by atoms with van der Waals surface area (Å²) in [5, 5.41) is 40.8. The van der Waals surface area contributed by atoms with Crippen molar-refractivity contribution in [3.8, 4) is 0 Å². The average Bonchev–Trinajstić information content (AvgIpc) is 1.70. The zero-order chi connectivity index (χ0) is 82.1. The molecule has 10 aromatic heterocycles. The standard InChI is InChI=1S/C11H14O4S3.2C8H10O2S2.2C7H8O2S2.5C7H6OS2.CH4/c1-14-9(12)6-17-11(8-4-3-5-16-8)18-7-10(13)15-2;1-10-8(9)6-12-5-7-2-3-11-4-7;1-10-8(9)6-11-5-7-3-2-4-12-7;8-7(9)5-11-4-6-1-2-10-3-6;8-7(9)5-10-4-6-2-1-3-11-6;3*8-6-3-9-4-7-5(6)1-2-10-7;2*8-6-4-9-3-5-1-2-10-7(5)6;/h3-5,11H,6-7H2,1-2H3;2*2-4H,5-6H2,1H3;2*1-3H,4-5H2,(H,8,9);5*1-2H,3-4H2;1H4. The first kappa shape index (κ1) is 102. The molecule has 0 amide bonds. The first-order valence-corrected chi connectivity index (χ1v) is 54.9. The summed E-state index contributed by atoms with van der Waals surface area (Å²) in [6.45, 7) is 0. The number of Topliss-reactive ketones (excluding diaryl/α,β-unsaturated/α-hetero) is 5. The van der Waals surface area contributed by atoms with Crippen molar-refractivity contribution in [1.29, 1.82) is 0 Å². The first-order valence-electron chi connectivity index (χ1n) is 33.5. The number of hydrogen-bond acceptors (Lipinski definition) is 36. The highest BCUT2D eigenvalue weighted by Gasteiger charge is 2.23. The molecule has 620 valence electrons. The number of thiophene rings is 10. The van der Waals surface area contributed by atoms with E-state index >= 15 is 0 Å². The van der Waals surface area contributed by atoms with E-state index in [1.165, 1.54) is 122 Å². The van der Waals surface area contributed by atoms with Gasteiger partial charge in [0, 0.05) is 97.7 Å². The number of esters is 4. The highest BCUT2D eigenvalue weighted by Crippen LogP contribution is 2.42. The molecular formula is C77H84O17S21. The summed E-state index contributed by atoms with van der Waals surface area (Å²) < 4.78 is 18.3. The van der Waals surface area contributed by atoms with Crippen molar-refractivity contribution < 1.29 is 81.9 Å². The number of aliphatic carboxylic acids is 2. The third-order valence-corrected chi connectivity index (χ3v) is 35.7. The SMILES string of the molecule is C.COC(=O)CSC(SCC(=O)OC)c1cccs1.COC(=O)CSCc1cccs1.COC(=O)CSCc1ccsc1.O=C(O)CSCc1cccs1.O=C(O)CSCc1ccsc1.O=C1CSCc2ccsc21.O=C1CSCc2ccsc21.O=C1CSCc2sccc21.O=C1CSCc2sccc21.O=C1CSCc2sccc21. The molecule has 0 aliphatic carbocycles. The molecule has 2 N–H and O–H groups in total. The lowest BCUT2D eigenvalue weighted by atomic mass is 10.2. The number of ether oxygens (including phenoxy) is 4. The fraction of sp³-hybridized carbons (Fsp3) is 0.338. The largest absolute Gasteiger partial charge is 0.481 e. The van der Waals surface area contributed by atoms with Gasteiger partial charge in [0.05, 0.1) is 106 Å². The Kier molecular flexibility index (Phi) is 53.4. The van der Waals surface area contributed by atoms with Crippen molar-refractivity contribution in [3.63, 3.8) is 0 Å². The van der Waals surface area contributed by atoms with Crippen molar-refractivity contribution in [1.82, 2.24) is 0 Å². The monoisotopic (exact) mass is 1950 g/mol. The molecule has 10 aromatic rings. The van der Waals surface area contributed by atoms with Crippen molar-refractivity contribution in [3.05, 3.63) is 221 Å². The van der Waals surface area contributed by atoms with Gasteiger partial charge in [0.25, 0.3) is 0 Å². The summed E-state index contributed by atoms with van der Waals surface area (Å²) >= 11 is 34.0. The number of ketones is 5. The van der Waals surface area contributed by atoms with Gasteiger partial charge in [-0.3, -0.25) is 52.7 Å². The minimum absolute atomic E-state index is 0. The van der Waals surface area contributed by atoms with Crippen LogP contribution >= 0.6 is 243 Å². The van der Waals surface area contributed by atoms with Crippen LogP contribution in [0.15, 0.2) is 143 Å². The van der Waals surface area contributed by atoms with Crippen LogP contribution in [-0.4, -0.2) is 167 Å². The fourth-order valence-corrected chi connectivity index (χ4v) is 28.3. The number of thioether (sulfide) groups is 11. The van der Waals surface area contributed by atoms with Crippen LogP contribution in [0.1, 0.15) is 114 Å². The van der Waals surface area contributed by atoms with Gasteiger partial charge in [0.1, 0.15) is 0 Å². The maximum absolute atomic E-state index is 11.1. The normalized spacial score (nSPS) is 12.9. The van der Waals surface area contributed by atoms with Gasteiger partial charge in [-0.15, -0.1) is 220 Å². The van der Waals surface area contributed by atoms with Crippen LogP contribution in [0.5, 0.6) is 0 Å². The van der Waals surface area contributed by atoms with Crippen LogP contribution in [0, 0.1) is 0 Å². The van der Waals surface area contributed by atoms with Gasteiger partial charge in [-0.2, -0.15) is 22.7 Å². The fourth-order valence-electron chi connectivity index (χ4n) is 8.75. The molecule has 15 rings (SSSR count). The van der Waals surface area contributed by atoms with Crippen LogP contribution in [0.3, 0.4) is 0 Å². The molecule has 0 atom stereocenters. The number of carboxylic acids is 2. The van der Waals surface area contributed by atoms with Gasteiger partial charge >= 0.3 is 35.8 Å². The number of carbonyl (C=O) groups is 11. The molecule has 0 fully saturated rings. The summed E-state index contributed by atoms with van der Waals surface area (Å²) in [5.41, 5.74) is 7.82. The van der Waals surface area contributed by atoms with Gasteiger partial charge in [0.15, 0.2) is 28.9 Å². The molecule has 15 heterocycles. The molecular weight excluding hydrogens is 1870 g/mol. The highest BCUT2D eigenvalue weighted by molar-refractivity contribution is 8.17. The molecule has 5 aliphatic heterocycles. The van der Waals surface area contributed by atoms with Gasteiger partial charge in [-0.05, 0) is 147 Å². The third-order valence-electron chi connectivity index (χ3n) is 14.1. The predicted molar refractivity (Wildman–Crippen MR) is 508 cm³/mol. The quantitative estimate of drug-likeness (QED) is 0.0342. The number of rotatable bonds is 23. The Hall–Kier alpha value is -3.98. The first-order chi connectivity index (χ1) is 55.3. The third kappa shape index (κ3) is 41.0. The van der Waals surface area contributed by atoms with Crippen molar-refractivity contribution in [2.75, 3.05) is 91.7 Å². The number of hydrogen-bond donors (Lipinski definition) is 2. The summed E-state index contributed by atoms with van der Waals surface area (Å²) in [6.07, 6.45) is 0. The van der Waals surface area contributed by atoms with Crippen molar-refractivity contribution >= 4 is 307 Å². The number of carbonyl (C=O) groups excluding carboxylic acids is 9. The summed E-state index contributed by atoms with van der Waals surface area (Å²) in [7, 11) is 5.55. The van der Waals surface area contributed by atoms with E-state index in [2.05, 4.69) is 36.5 Å². The van der Waals surface area contributed by atoms with Crippen LogP contribution in [0.2, 0.25) is 0 Å². The van der Waals surface area contributed by atoms with Gasteiger partial charge in [-0.1, -0.05) is 25.6 Å². The molecule has 0 spiro atoms.